The van der Waals surface area contributed by atoms with Crippen LogP contribution in [0.15, 0.2) is 18.2 Å². The Hall–Kier alpha value is -0.870. The van der Waals surface area contributed by atoms with Gasteiger partial charge in [-0.25, -0.2) is 0 Å². The number of rotatable bonds is 22. The molecule has 0 aliphatic rings. The molecule has 0 bridgehead atoms. The molecule has 1 aromatic carbocycles. The van der Waals surface area contributed by atoms with Crippen molar-refractivity contribution in [2.75, 3.05) is 0 Å². The summed E-state index contributed by atoms with van der Waals surface area (Å²) in [6.45, 7) is 8.81. The lowest BCUT2D eigenvalue weighted by Crippen LogP contribution is -2.37. The van der Waals surface area contributed by atoms with E-state index in [-0.39, 0.29) is 0 Å². The first-order chi connectivity index (χ1) is 16.9. The summed E-state index contributed by atoms with van der Waals surface area (Å²) in [5.41, 5.74) is 3.45. The first-order valence-corrected chi connectivity index (χ1v) is 16.4. The normalized spacial score (nSPS) is 12.4. The molecule has 0 fully saturated rings. The first kappa shape index (κ1) is 32.2. The smallest absolute Gasteiger partial charge is 0.274 e. The maximum Gasteiger partial charge on any atom is 0.274 e. The first-order valence-electron chi connectivity index (χ1n) is 15.0. The fraction of sp³-hybridized carbons (Fsp3) is 0.806. The molecule has 1 N–H and O–H groups in total. The van der Waals surface area contributed by atoms with Crippen LogP contribution >= 0.6 is 0 Å². The van der Waals surface area contributed by atoms with Gasteiger partial charge in [-0.05, 0) is 55.2 Å². The van der Waals surface area contributed by atoms with Gasteiger partial charge in [0.2, 0.25) is 0 Å². The van der Waals surface area contributed by atoms with E-state index in [0.29, 0.717) is 12.8 Å². The lowest BCUT2D eigenvalue weighted by Gasteiger charge is -2.34. The maximum absolute atomic E-state index is 13.3. The van der Waals surface area contributed by atoms with Crippen molar-refractivity contribution >= 4 is 10.1 Å². The van der Waals surface area contributed by atoms with Crippen molar-refractivity contribution in [3.8, 4) is 0 Å². The summed E-state index contributed by atoms with van der Waals surface area (Å²) in [5.74, 6) is 0. The zero-order valence-electron chi connectivity index (χ0n) is 23.5. The van der Waals surface area contributed by atoms with E-state index < -0.39 is 14.9 Å². The molecule has 1 aromatic rings. The van der Waals surface area contributed by atoms with Gasteiger partial charge in [0.15, 0.2) is 0 Å². The summed E-state index contributed by atoms with van der Waals surface area (Å²) < 4.78 is 36.2. The molecule has 3 nitrogen and oxygen atoms in total. The molecule has 0 spiro atoms. The molecular formula is C31H56O3S. The van der Waals surface area contributed by atoms with E-state index in [1.807, 2.05) is 6.07 Å². The second-order valence-electron chi connectivity index (χ2n) is 10.7. The van der Waals surface area contributed by atoms with Gasteiger partial charge in [0.1, 0.15) is 4.75 Å². The van der Waals surface area contributed by atoms with E-state index in [4.69, 9.17) is 0 Å². The van der Waals surface area contributed by atoms with Crippen LogP contribution in [0.4, 0.5) is 0 Å². The Morgan fingerprint density at radius 2 is 1.09 bits per heavy atom. The lowest BCUT2D eigenvalue weighted by molar-refractivity contribution is 0.373. The zero-order valence-corrected chi connectivity index (χ0v) is 24.4. The summed E-state index contributed by atoms with van der Waals surface area (Å²) >= 11 is 0. The van der Waals surface area contributed by atoms with Gasteiger partial charge in [-0.3, -0.25) is 4.55 Å². The third kappa shape index (κ3) is 11.0. The predicted octanol–water partition coefficient (Wildman–Crippen LogP) is 9.96. The Morgan fingerprint density at radius 3 is 1.54 bits per heavy atom. The summed E-state index contributed by atoms with van der Waals surface area (Å²) in [6, 6.07) is 6.31. The maximum atomic E-state index is 13.3. The van der Waals surface area contributed by atoms with Gasteiger partial charge >= 0.3 is 0 Å². The predicted molar refractivity (Wildman–Crippen MR) is 153 cm³/mol. The number of aryl methyl sites for hydroxylation is 1. The van der Waals surface area contributed by atoms with Gasteiger partial charge in [0.25, 0.3) is 10.1 Å². The van der Waals surface area contributed by atoms with E-state index in [1.54, 1.807) is 0 Å². The molecule has 0 aromatic heterocycles. The molecular weight excluding hydrogens is 452 g/mol. The second kappa shape index (κ2) is 18.4. The molecule has 1 rings (SSSR count). The summed E-state index contributed by atoms with van der Waals surface area (Å²) in [4.78, 5) is 0. The fourth-order valence-electron chi connectivity index (χ4n) is 5.53. The summed E-state index contributed by atoms with van der Waals surface area (Å²) in [6.07, 6.45) is 20.6. The topological polar surface area (TPSA) is 54.4 Å². The highest BCUT2D eigenvalue weighted by Gasteiger charge is 2.45. The van der Waals surface area contributed by atoms with Crippen LogP contribution in [0.5, 0.6) is 0 Å². The molecule has 0 heterocycles. The zero-order chi connectivity index (χ0) is 26.0. The minimum atomic E-state index is -4.26. The van der Waals surface area contributed by atoms with Crippen molar-refractivity contribution < 1.29 is 13.0 Å². The average Bonchev–Trinajstić information content (AvgIpc) is 2.83. The van der Waals surface area contributed by atoms with Crippen molar-refractivity contribution in [3.63, 3.8) is 0 Å². The van der Waals surface area contributed by atoms with Crippen LogP contribution in [0, 0.1) is 0 Å². The molecule has 0 saturated heterocycles. The lowest BCUT2D eigenvalue weighted by atomic mass is 9.81. The third-order valence-corrected chi connectivity index (χ3v) is 9.32. The number of benzene rings is 1. The van der Waals surface area contributed by atoms with E-state index in [0.717, 1.165) is 82.6 Å². The van der Waals surface area contributed by atoms with Crippen LogP contribution in [0.1, 0.15) is 160 Å². The molecule has 0 radical (unpaired) electrons. The van der Waals surface area contributed by atoms with Crippen molar-refractivity contribution in [1.82, 2.24) is 0 Å². The van der Waals surface area contributed by atoms with Crippen LogP contribution in [0.2, 0.25) is 0 Å². The fourth-order valence-corrected chi connectivity index (χ4v) is 6.80. The molecule has 35 heavy (non-hydrogen) atoms. The van der Waals surface area contributed by atoms with E-state index in [1.165, 1.54) is 49.7 Å². The molecule has 204 valence electrons. The largest absolute Gasteiger partial charge is 0.285 e. The minimum Gasteiger partial charge on any atom is -0.285 e. The number of unbranched alkanes of at least 4 members (excludes halogenated alkanes) is 12. The van der Waals surface area contributed by atoms with Gasteiger partial charge in [0.05, 0.1) is 0 Å². The Balaban J connectivity index is 3.47. The number of hydrogen-bond acceptors (Lipinski definition) is 2. The standard InChI is InChI=1S/C31H56O3S/c1-5-9-13-17-22-28-23-21-25-30(29(28)24-18-14-10-6-2)31(35(32,33)34,26-19-15-11-7-3)27-20-16-12-8-4/h21,23,25H,5-20,22,24,26-27H2,1-4H3,(H,32,33,34). The van der Waals surface area contributed by atoms with Crippen molar-refractivity contribution in [2.24, 2.45) is 0 Å². The molecule has 0 saturated carbocycles. The van der Waals surface area contributed by atoms with Crippen molar-refractivity contribution in [2.45, 2.75) is 161 Å². The van der Waals surface area contributed by atoms with E-state index >= 15 is 0 Å². The Morgan fingerprint density at radius 1 is 0.629 bits per heavy atom. The SMILES string of the molecule is CCCCCCc1cccc(C(CCCCCC)(CCCCCC)S(=O)(=O)O)c1CCCCCC. The van der Waals surface area contributed by atoms with Gasteiger partial charge in [-0.15, -0.1) is 0 Å². The van der Waals surface area contributed by atoms with Crippen molar-refractivity contribution in [1.29, 1.82) is 0 Å². The molecule has 4 heteroatoms. The third-order valence-electron chi connectivity index (χ3n) is 7.71. The van der Waals surface area contributed by atoms with E-state index in [9.17, 15) is 13.0 Å². The Kier molecular flexibility index (Phi) is 16.9. The van der Waals surface area contributed by atoms with Crippen LogP contribution in [-0.4, -0.2) is 13.0 Å². The molecule has 0 atom stereocenters. The van der Waals surface area contributed by atoms with Gasteiger partial charge in [-0.1, -0.05) is 136 Å². The summed E-state index contributed by atoms with van der Waals surface area (Å²) in [7, 11) is -4.26. The Labute approximate surface area is 218 Å². The minimum absolute atomic E-state index is 0.527. The highest BCUT2D eigenvalue weighted by atomic mass is 32.2. The molecule has 0 unspecified atom stereocenters. The highest BCUT2D eigenvalue weighted by molar-refractivity contribution is 7.86. The molecule has 0 amide bonds. The average molecular weight is 509 g/mol. The van der Waals surface area contributed by atoms with Crippen LogP contribution in [-0.2, 0) is 27.7 Å². The van der Waals surface area contributed by atoms with E-state index in [2.05, 4.69) is 39.8 Å². The van der Waals surface area contributed by atoms with Crippen molar-refractivity contribution in [3.05, 3.63) is 34.9 Å². The van der Waals surface area contributed by atoms with Gasteiger partial charge in [-0.2, -0.15) is 8.42 Å². The van der Waals surface area contributed by atoms with Crippen LogP contribution < -0.4 is 0 Å². The van der Waals surface area contributed by atoms with Gasteiger partial charge < -0.3 is 0 Å². The quantitative estimate of drug-likeness (QED) is 0.125. The molecule has 0 aliphatic carbocycles. The second-order valence-corrected chi connectivity index (χ2v) is 12.4. The Bertz CT molecular complexity index is 757. The monoisotopic (exact) mass is 508 g/mol. The summed E-state index contributed by atoms with van der Waals surface area (Å²) in [5, 5.41) is 0. The van der Waals surface area contributed by atoms with Crippen LogP contribution in [0.3, 0.4) is 0 Å². The molecule has 0 aliphatic heterocycles. The number of hydrogen-bond donors (Lipinski definition) is 1. The van der Waals surface area contributed by atoms with Crippen LogP contribution in [0.25, 0.3) is 0 Å². The van der Waals surface area contributed by atoms with Gasteiger partial charge in [0, 0.05) is 0 Å². The highest BCUT2D eigenvalue weighted by Crippen LogP contribution is 2.43.